The Labute approximate surface area is 290 Å². The lowest BCUT2D eigenvalue weighted by Gasteiger charge is -2.51. The zero-order chi connectivity index (χ0) is 33.9. The summed E-state index contributed by atoms with van der Waals surface area (Å²) in [6.45, 7) is 9.08. The monoisotopic (exact) mass is 699 g/mol. The number of aldehydes is 1. The minimum Gasteiger partial charge on any atom is -0.487 e. The highest BCUT2D eigenvalue weighted by Gasteiger charge is 2.49. The maximum Gasteiger partial charge on any atom is 0.264 e. The molecule has 3 aliphatic heterocycles. The summed E-state index contributed by atoms with van der Waals surface area (Å²) in [7, 11) is -3.95. The Morgan fingerprint density at radius 1 is 1.00 bits per heavy atom. The third kappa shape index (κ3) is 7.72. The molecule has 2 aromatic carbocycles. The molecule has 0 radical (unpaired) electrons. The molecule has 1 N–H and O–H groups in total. The van der Waals surface area contributed by atoms with Gasteiger partial charge in [-0.15, -0.1) is 0 Å². The molecule has 4 aliphatic rings. The van der Waals surface area contributed by atoms with Gasteiger partial charge in [0.2, 0.25) is 10.0 Å². The molecule has 0 unspecified atom stereocenters. The highest BCUT2D eigenvalue weighted by molar-refractivity contribution is 7.90. The third-order valence-corrected chi connectivity index (χ3v) is 13.7. The molecule has 48 heavy (non-hydrogen) atoms. The van der Waals surface area contributed by atoms with Gasteiger partial charge in [0.1, 0.15) is 18.6 Å². The first kappa shape index (κ1) is 35.2. The second-order valence-electron chi connectivity index (χ2n) is 14.5. The van der Waals surface area contributed by atoms with E-state index in [0.717, 1.165) is 76.0 Å². The van der Waals surface area contributed by atoms with Gasteiger partial charge in [0.25, 0.3) is 5.91 Å². The van der Waals surface area contributed by atoms with Crippen LogP contribution in [0.15, 0.2) is 36.4 Å². The lowest BCUT2D eigenvalue weighted by atomic mass is 9.57. The molecule has 11 heteroatoms. The largest absolute Gasteiger partial charge is 0.487 e. The molecule has 1 amide bonds. The van der Waals surface area contributed by atoms with E-state index in [-0.39, 0.29) is 17.4 Å². The average Bonchev–Trinajstić information content (AvgIpc) is 3.09. The van der Waals surface area contributed by atoms with E-state index in [1.165, 1.54) is 11.8 Å². The first-order valence-corrected chi connectivity index (χ1v) is 19.6. The number of carbonyl (C=O) groups excluding carboxylic acids is 2. The molecule has 1 aliphatic carbocycles. The molecule has 1 saturated heterocycles. The molecule has 0 aromatic heterocycles. The Kier molecular flexibility index (Phi) is 11.0. The molecule has 1 saturated carbocycles. The van der Waals surface area contributed by atoms with Crippen molar-refractivity contribution in [2.75, 3.05) is 50.8 Å². The molecule has 2 fully saturated rings. The number of ether oxygens (including phenoxy) is 2. The van der Waals surface area contributed by atoms with Crippen LogP contribution in [-0.4, -0.2) is 76.7 Å². The topological polar surface area (TPSA) is 105 Å². The lowest BCUT2D eigenvalue weighted by molar-refractivity contribution is -0.128. The fraction of sp³-hybridized carbons (Fsp3) is 0.622. The van der Waals surface area contributed by atoms with E-state index in [0.29, 0.717) is 55.9 Å². The van der Waals surface area contributed by atoms with Gasteiger partial charge in [0, 0.05) is 48.7 Å². The Balaban J connectivity index is 1.39. The van der Waals surface area contributed by atoms with Crippen LogP contribution in [0.25, 0.3) is 0 Å². The van der Waals surface area contributed by atoms with Gasteiger partial charge in [-0.1, -0.05) is 31.0 Å². The van der Waals surface area contributed by atoms with Crippen LogP contribution < -0.4 is 14.4 Å². The van der Waals surface area contributed by atoms with Crippen molar-refractivity contribution in [1.82, 2.24) is 9.62 Å². The Morgan fingerprint density at radius 3 is 2.56 bits per heavy atom. The number of rotatable bonds is 3. The fourth-order valence-electron chi connectivity index (χ4n) is 8.22. The minimum absolute atomic E-state index is 0.192. The van der Waals surface area contributed by atoms with Crippen molar-refractivity contribution < 1.29 is 27.5 Å². The summed E-state index contributed by atoms with van der Waals surface area (Å²) in [5.41, 5.74) is 2.78. The van der Waals surface area contributed by atoms with Crippen molar-refractivity contribution in [3.63, 3.8) is 0 Å². The maximum atomic E-state index is 13.5. The van der Waals surface area contributed by atoms with E-state index >= 15 is 0 Å². The molecule has 3 heterocycles. The van der Waals surface area contributed by atoms with Crippen LogP contribution in [-0.2, 0) is 32.6 Å². The normalized spacial score (nSPS) is 30.3. The molecule has 0 spiro atoms. The zero-order valence-corrected chi connectivity index (χ0v) is 29.9. The van der Waals surface area contributed by atoms with Gasteiger partial charge in [-0.3, -0.25) is 9.69 Å². The summed E-state index contributed by atoms with van der Waals surface area (Å²) in [6, 6.07) is 11.1. The fourth-order valence-corrected chi connectivity index (χ4v) is 9.73. The summed E-state index contributed by atoms with van der Waals surface area (Å²) < 4.78 is 41.4. The third-order valence-electron chi connectivity index (χ3n) is 11.5. The van der Waals surface area contributed by atoms with E-state index in [2.05, 4.69) is 14.5 Å². The number of benzene rings is 2. The Morgan fingerprint density at radius 2 is 1.81 bits per heavy atom. The van der Waals surface area contributed by atoms with E-state index in [9.17, 15) is 18.0 Å². The predicted molar refractivity (Wildman–Crippen MR) is 188 cm³/mol. The van der Waals surface area contributed by atoms with Crippen LogP contribution >= 0.6 is 11.6 Å². The molecule has 2 aromatic rings. The number of halogens is 1. The van der Waals surface area contributed by atoms with Crippen LogP contribution in [0.3, 0.4) is 0 Å². The molecular formula is C37H50ClN3O6S. The lowest BCUT2D eigenvalue weighted by Crippen LogP contribution is -2.54. The summed E-state index contributed by atoms with van der Waals surface area (Å²) in [5, 5.41) is -0.0693. The number of aryl methyl sites for hydroxylation is 1. The highest BCUT2D eigenvalue weighted by atomic mass is 35.5. The summed E-state index contributed by atoms with van der Waals surface area (Å²) in [4.78, 5) is 31.6. The van der Waals surface area contributed by atoms with Gasteiger partial charge >= 0.3 is 0 Å². The Hall–Kier alpha value is -2.66. The van der Waals surface area contributed by atoms with E-state index in [4.69, 9.17) is 21.1 Å². The molecule has 5 atom stereocenters. The second-order valence-corrected chi connectivity index (χ2v) is 17.0. The minimum atomic E-state index is -3.95. The van der Waals surface area contributed by atoms with Crippen molar-refractivity contribution in [2.24, 2.45) is 23.2 Å². The van der Waals surface area contributed by atoms with Crippen LogP contribution in [0.5, 0.6) is 5.75 Å². The highest BCUT2D eigenvalue weighted by Crippen LogP contribution is 2.50. The first-order valence-electron chi connectivity index (χ1n) is 17.7. The van der Waals surface area contributed by atoms with Crippen molar-refractivity contribution in [2.45, 2.75) is 77.1 Å². The number of morpholine rings is 1. The van der Waals surface area contributed by atoms with Crippen molar-refractivity contribution in [1.29, 1.82) is 0 Å². The number of hydrogen-bond acceptors (Lipinski definition) is 8. The number of amides is 1. The molecule has 9 nitrogen and oxygen atoms in total. The molecule has 6 rings (SSSR count). The van der Waals surface area contributed by atoms with Gasteiger partial charge in [0.05, 0.1) is 24.2 Å². The average molecular weight is 700 g/mol. The summed E-state index contributed by atoms with van der Waals surface area (Å²) in [6.07, 6.45) is 8.11. The number of nitrogens with zero attached hydrogens (tertiary/aromatic N) is 2. The molecular weight excluding hydrogens is 650 g/mol. The van der Waals surface area contributed by atoms with E-state index < -0.39 is 26.6 Å². The van der Waals surface area contributed by atoms with Gasteiger partial charge in [-0.25, -0.2) is 13.1 Å². The number of nitrogens with one attached hydrogen (secondary N) is 1. The SMILES string of the molecule is C[C@@H]1[C@@H](C)CCC[C@](C=O)(CN2CCOCC2)[C@@H]2CC[C@H]2CN2CCCCc3cc(Cl)ccc3COc3ccc(cc32)C(=O)NS1(=O)=O. The van der Waals surface area contributed by atoms with E-state index in [1.807, 2.05) is 25.1 Å². The quantitative estimate of drug-likeness (QED) is 0.397. The summed E-state index contributed by atoms with van der Waals surface area (Å²) in [5.74, 6) is 0.327. The van der Waals surface area contributed by atoms with E-state index in [1.54, 1.807) is 25.1 Å². The first-order chi connectivity index (χ1) is 23.1. The number of hydrogen-bond donors (Lipinski definition) is 1. The number of anilines is 1. The molecule has 2 bridgehead atoms. The van der Waals surface area contributed by atoms with Crippen molar-refractivity contribution in [3.8, 4) is 5.75 Å². The molecule has 262 valence electrons. The second kappa shape index (κ2) is 15.1. The van der Waals surface area contributed by atoms with Gasteiger partial charge < -0.3 is 19.2 Å². The number of sulfonamides is 1. The van der Waals surface area contributed by atoms with Gasteiger partial charge in [-0.05, 0) is 111 Å². The van der Waals surface area contributed by atoms with Gasteiger partial charge in [0.15, 0.2) is 0 Å². The standard InChI is InChI=1S/C37H50ClN3O6S/c1-26-6-5-14-37(25-42,24-40-16-18-46-19-17-40)33-12-9-30(33)22-41-15-4-3-7-28-20-32(38)11-8-31(28)23-47-35-13-10-29(21-34(35)41)36(43)39-48(44,45)27(26)2/h8,10-11,13,20-21,25-27,30,33H,3-7,9,12,14-19,22-24H2,1-2H3,(H,39,43)/t26-,27+,30-,33+,37+/m0/s1. The van der Waals surface area contributed by atoms with Crippen LogP contribution in [0.1, 0.15) is 80.3 Å². The zero-order valence-electron chi connectivity index (χ0n) is 28.3. The summed E-state index contributed by atoms with van der Waals surface area (Å²) >= 11 is 6.37. The number of fused-ring (bicyclic) bond motifs is 3. The van der Waals surface area contributed by atoms with Crippen LogP contribution in [0.4, 0.5) is 5.69 Å². The smallest absolute Gasteiger partial charge is 0.264 e. The number of carbonyl (C=O) groups is 2. The van der Waals surface area contributed by atoms with Crippen LogP contribution in [0.2, 0.25) is 5.02 Å². The van der Waals surface area contributed by atoms with Crippen LogP contribution in [0, 0.1) is 23.2 Å². The van der Waals surface area contributed by atoms with Gasteiger partial charge in [-0.2, -0.15) is 0 Å². The van der Waals surface area contributed by atoms with Crippen molar-refractivity contribution >= 4 is 39.5 Å². The predicted octanol–water partition coefficient (Wildman–Crippen LogP) is 5.87. The maximum absolute atomic E-state index is 13.5. The Bertz CT molecular complexity index is 1580. The van der Waals surface area contributed by atoms with Crippen molar-refractivity contribution in [3.05, 3.63) is 58.1 Å².